The van der Waals surface area contributed by atoms with Crippen molar-refractivity contribution >= 4 is 108 Å². The van der Waals surface area contributed by atoms with Crippen molar-refractivity contribution in [3.8, 4) is 0 Å². The summed E-state index contributed by atoms with van der Waals surface area (Å²) < 4.78 is 81.8. The number of hydrogen-bond acceptors (Lipinski definition) is 6. The molecule has 0 aliphatic rings. The van der Waals surface area contributed by atoms with E-state index in [1.807, 2.05) is 24.3 Å². The van der Waals surface area contributed by atoms with E-state index in [0.29, 0.717) is 20.2 Å². The average Bonchev–Trinajstić information content (AvgIpc) is 3.75. The second kappa shape index (κ2) is 11.4. The third-order valence-corrected chi connectivity index (χ3v) is 11.8. The van der Waals surface area contributed by atoms with Crippen LogP contribution in [0.1, 0.15) is 68.6 Å². The lowest BCUT2D eigenvalue weighted by molar-refractivity contribution is -0.0885. The van der Waals surface area contributed by atoms with Gasteiger partial charge < -0.3 is 0 Å². The second-order valence-corrected chi connectivity index (χ2v) is 14.7. The molecule has 0 spiro atoms. The Morgan fingerprint density at radius 2 is 0.795 bits per heavy atom. The van der Waals surface area contributed by atoms with E-state index >= 15 is 0 Å². The molecule has 2 nitrogen and oxygen atoms in total. The predicted molar refractivity (Wildman–Crippen MR) is 172 cm³/mol. The third kappa shape index (κ3) is 5.50. The van der Waals surface area contributed by atoms with Gasteiger partial charge in [0.25, 0.3) is 11.6 Å². The van der Waals surface area contributed by atoms with Crippen LogP contribution < -0.4 is 0 Å². The van der Waals surface area contributed by atoms with Crippen LogP contribution in [0.4, 0.5) is 26.3 Å². The minimum Gasteiger partial charge on any atom is -0.283 e. The summed E-state index contributed by atoms with van der Waals surface area (Å²) in [6.45, 7) is 4.14. The third-order valence-electron chi connectivity index (χ3n) is 7.32. The summed E-state index contributed by atoms with van der Waals surface area (Å²) in [6.07, 6.45) is -6.70. The summed E-state index contributed by atoms with van der Waals surface area (Å²) in [5.41, 5.74) is 2.23. The lowest BCUT2D eigenvalue weighted by atomic mass is 9.96. The van der Waals surface area contributed by atoms with Crippen molar-refractivity contribution in [1.82, 2.24) is 0 Å². The van der Waals surface area contributed by atoms with Gasteiger partial charge in [0.05, 0.1) is 9.75 Å². The van der Waals surface area contributed by atoms with Crippen LogP contribution in [0.15, 0.2) is 48.5 Å². The lowest BCUT2D eigenvalue weighted by Crippen LogP contribution is -2.21. The van der Waals surface area contributed by atoms with Crippen molar-refractivity contribution in [2.75, 3.05) is 0 Å². The predicted octanol–water partition coefficient (Wildman–Crippen LogP) is 12.5. The zero-order valence-electron chi connectivity index (χ0n) is 23.2. The maximum Gasteiger partial charge on any atom is 0.455 e. The smallest absolute Gasteiger partial charge is 0.283 e. The molecule has 0 saturated heterocycles. The number of fused-ring (bicyclic) bond motifs is 6. The minimum atomic E-state index is -4.94. The fourth-order valence-corrected chi connectivity index (χ4v) is 9.83. The highest BCUT2D eigenvalue weighted by Crippen LogP contribution is 2.46. The van der Waals surface area contributed by atoms with Crippen LogP contribution in [0.2, 0.25) is 0 Å². The van der Waals surface area contributed by atoms with Crippen molar-refractivity contribution in [2.24, 2.45) is 0 Å². The van der Waals surface area contributed by atoms with Crippen molar-refractivity contribution in [3.05, 3.63) is 68.0 Å². The van der Waals surface area contributed by atoms with Gasteiger partial charge in [-0.15, -0.1) is 45.3 Å². The van der Waals surface area contributed by atoms with Crippen molar-refractivity contribution in [1.29, 1.82) is 0 Å². The van der Waals surface area contributed by atoms with E-state index in [4.69, 9.17) is 0 Å². The van der Waals surface area contributed by atoms with E-state index in [2.05, 4.69) is 13.8 Å². The summed E-state index contributed by atoms with van der Waals surface area (Å²) in [5, 5.41) is 2.81. The molecular formula is C32H22F6O2S4. The quantitative estimate of drug-likeness (QED) is 0.118. The monoisotopic (exact) mass is 680 g/mol. The molecule has 228 valence electrons. The first-order chi connectivity index (χ1) is 20.8. The van der Waals surface area contributed by atoms with Crippen LogP contribution in [-0.4, -0.2) is 23.9 Å². The highest BCUT2D eigenvalue weighted by molar-refractivity contribution is 7.23. The Morgan fingerprint density at radius 3 is 1.07 bits per heavy atom. The van der Waals surface area contributed by atoms with Crippen LogP contribution in [0.3, 0.4) is 0 Å². The van der Waals surface area contributed by atoms with E-state index in [0.717, 1.165) is 89.4 Å². The number of Topliss-reactive ketones (excluding diaryl/α,β-unsaturated/α-hetero) is 2. The zero-order valence-corrected chi connectivity index (χ0v) is 26.4. The number of thiophene rings is 4. The van der Waals surface area contributed by atoms with Crippen LogP contribution in [0, 0.1) is 0 Å². The molecule has 0 fully saturated rings. The molecule has 2 aromatic carbocycles. The average molecular weight is 681 g/mol. The van der Waals surface area contributed by atoms with Crippen LogP contribution >= 0.6 is 45.3 Å². The Morgan fingerprint density at radius 1 is 0.523 bits per heavy atom. The molecule has 0 N–H and O–H groups in total. The first kappa shape index (κ1) is 30.9. The Bertz CT molecular complexity index is 1970. The summed E-state index contributed by atoms with van der Waals surface area (Å²) in [6, 6.07) is 13.9. The maximum absolute atomic E-state index is 13.1. The maximum atomic E-state index is 13.1. The number of ketones is 2. The number of carbonyl (C=O) groups is 2. The van der Waals surface area contributed by atoms with E-state index in [1.165, 1.54) is 12.1 Å². The highest BCUT2D eigenvalue weighted by atomic mass is 32.1. The number of benzene rings is 2. The summed E-state index contributed by atoms with van der Waals surface area (Å²) >= 11 is 4.78. The zero-order chi connectivity index (χ0) is 31.6. The van der Waals surface area contributed by atoms with Gasteiger partial charge in [-0.1, -0.05) is 26.7 Å². The molecule has 4 aromatic heterocycles. The van der Waals surface area contributed by atoms with Crippen molar-refractivity contribution in [2.45, 2.75) is 51.9 Å². The molecule has 0 atom stereocenters. The van der Waals surface area contributed by atoms with E-state index in [9.17, 15) is 35.9 Å². The van der Waals surface area contributed by atoms with Gasteiger partial charge in [0.1, 0.15) is 0 Å². The highest BCUT2D eigenvalue weighted by Gasteiger charge is 2.41. The number of carbonyl (C=O) groups excluding carboxylic acids is 2. The number of alkyl halides is 6. The molecular weight excluding hydrogens is 659 g/mol. The molecule has 0 aliphatic heterocycles. The van der Waals surface area contributed by atoms with Gasteiger partial charge in [0, 0.05) is 50.1 Å². The second-order valence-electron chi connectivity index (χ2n) is 10.3. The summed E-state index contributed by atoms with van der Waals surface area (Å²) in [4.78, 5) is 25.2. The molecule has 12 heteroatoms. The van der Waals surface area contributed by atoms with Gasteiger partial charge in [-0.3, -0.25) is 9.59 Å². The van der Waals surface area contributed by atoms with Gasteiger partial charge >= 0.3 is 12.4 Å². The van der Waals surface area contributed by atoms with E-state index in [1.54, 1.807) is 34.8 Å². The van der Waals surface area contributed by atoms with Gasteiger partial charge in [-0.2, -0.15) is 26.3 Å². The molecule has 0 bridgehead atoms. The number of allylic oxidation sites excluding steroid dienone is 2. The molecule has 0 saturated carbocycles. The van der Waals surface area contributed by atoms with Crippen molar-refractivity contribution < 1.29 is 35.9 Å². The van der Waals surface area contributed by atoms with E-state index in [-0.39, 0.29) is 9.75 Å². The van der Waals surface area contributed by atoms with E-state index < -0.39 is 23.9 Å². The van der Waals surface area contributed by atoms with Gasteiger partial charge in [0.15, 0.2) is 0 Å². The van der Waals surface area contributed by atoms with Crippen LogP contribution in [-0.2, 0) is 0 Å². The van der Waals surface area contributed by atoms with Gasteiger partial charge in [-0.05, 0) is 72.5 Å². The molecule has 0 aliphatic carbocycles. The fraction of sp³-hybridized carbons (Fsp3) is 0.250. The normalized spacial score (nSPS) is 13.5. The largest absolute Gasteiger partial charge is 0.455 e. The summed E-state index contributed by atoms with van der Waals surface area (Å²) in [5.74, 6) is -3.70. The fourth-order valence-electron chi connectivity index (χ4n) is 5.41. The molecule has 6 aromatic rings. The number of rotatable bonds is 8. The number of halogens is 6. The standard InChI is InChI=1S/C32H22F6O2S4/c1-3-5-15(25-11-17-19-13-27(29(39)31(33,34)35)43-23(19)9-7-21(17)41-25)16(6-4-2)26-12-18-20-14-28(30(40)32(36,37)38)44-24(20)10-8-22(18)42-26/h7-14H,3-6H2,1-2H3/b16-15-. The Hall–Kier alpha value is -3.06. The lowest BCUT2D eigenvalue weighted by Gasteiger charge is -2.12. The molecule has 6 rings (SSSR count). The summed E-state index contributed by atoms with van der Waals surface area (Å²) in [7, 11) is 0. The SMILES string of the molecule is CCC/C(=C(\CCC)c1cc2c(ccc3sc(C(=O)C(F)(F)F)cc32)s1)c1cc2c(ccc3sc(C(=O)C(F)(F)F)cc32)s1. The van der Waals surface area contributed by atoms with Crippen LogP contribution in [0.5, 0.6) is 0 Å². The first-order valence-electron chi connectivity index (χ1n) is 13.7. The van der Waals surface area contributed by atoms with Crippen molar-refractivity contribution in [3.63, 3.8) is 0 Å². The topological polar surface area (TPSA) is 34.1 Å². The molecule has 0 radical (unpaired) electrons. The number of hydrogen-bond donors (Lipinski definition) is 0. The molecule has 0 amide bonds. The molecule has 44 heavy (non-hydrogen) atoms. The molecule has 4 heterocycles. The molecule has 0 unspecified atom stereocenters. The van der Waals surface area contributed by atoms with Crippen LogP contribution in [0.25, 0.3) is 51.5 Å². The minimum absolute atomic E-state index is 0.339. The first-order valence-corrected chi connectivity index (χ1v) is 16.9. The van der Waals surface area contributed by atoms with Gasteiger partial charge in [0.2, 0.25) is 0 Å². The van der Waals surface area contributed by atoms with Gasteiger partial charge in [-0.25, -0.2) is 0 Å². The Kier molecular flexibility index (Phi) is 8.01. The Labute approximate surface area is 263 Å². The Balaban J connectivity index is 1.50.